The van der Waals surface area contributed by atoms with Gasteiger partial charge in [0.05, 0.1) is 0 Å². The fraction of sp³-hybridized carbons (Fsp3) is 0.429. The van der Waals surface area contributed by atoms with E-state index < -0.39 is 24.6 Å². The standard InChI is InChI=1S/C7H8F2O3/c1-2-3-12-7(11)6(9)5(10)4-8/h2,6H,1,3-4H2. The second-order valence-corrected chi connectivity index (χ2v) is 1.88. The van der Waals surface area contributed by atoms with Gasteiger partial charge in [0.25, 0.3) is 6.17 Å². The first-order valence-electron chi connectivity index (χ1n) is 3.13. The molecule has 0 aliphatic carbocycles. The second kappa shape index (κ2) is 5.40. The molecule has 0 heterocycles. The van der Waals surface area contributed by atoms with Gasteiger partial charge >= 0.3 is 5.97 Å². The van der Waals surface area contributed by atoms with Crippen LogP contribution in [0.1, 0.15) is 0 Å². The Morgan fingerprint density at radius 2 is 2.17 bits per heavy atom. The van der Waals surface area contributed by atoms with E-state index in [9.17, 15) is 18.4 Å². The van der Waals surface area contributed by atoms with Crippen molar-refractivity contribution in [2.45, 2.75) is 6.17 Å². The van der Waals surface area contributed by atoms with Crippen LogP contribution in [-0.4, -0.2) is 31.2 Å². The third-order valence-corrected chi connectivity index (χ3v) is 0.965. The fourth-order valence-electron chi connectivity index (χ4n) is 0.413. The molecule has 3 nitrogen and oxygen atoms in total. The first kappa shape index (κ1) is 10.7. The van der Waals surface area contributed by atoms with Crippen LogP contribution in [0.15, 0.2) is 12.7 Å². The van der Waals surface area contributed by atoms with Gasteiger partial charge in [-0.05, 0) is 0 Å². The largest absolute Gasteiger partial charge is 0.459 e. The molecular formula is C7H8F2O3. The van der Waals surface area contributed by atoms with E-state index in [1.807, 2.05) is 0 Å². The molecule has 0 radical (unpaired) electrons. The molecule has 0 aromatic carbocycles. The summed E-state index contributed by atoms with van der Waals surface area (Å²) in [5.41, 5.74) is 0. The van der Waals surface area contributed by atoms with Gasteiger partial charge in [-0.25, -0.2) is 13.6 Å². The minimum absolute atomic E-state index is 0.196. The van der Waals surface area contributed by atoms with Gasteiger partial charge in [-0.3, -0.25) is 4.79 Å². The molecule has 1 atom stereocenters. The number of ketones is 1. The first-order valence-corrected chi connectivity index (χ1v) is 3.13. The van der Waals surface area contributed by atoms with Gasteiger partial charge in [0.1, 0.15) is 6.61 Å². The lowest BCUT2D eigenvalue weighted by Crippen LogP contribution is -2.28. The van der Waals surface area contributed by atoms with E-state index in [4.69, 9.17) is 0 Å². The topological polar surface area (TPSA) is 43.4 Å². The molecular weight excluding hydrogens is 170 g/mol. The number of esters is 1. The summed E-state index contributed by atoms with van der Waals surface area (Å²) in [7, 11) is 0. The number of ether oxygens (including phenoxy) is 1. The monoisotopic (exact) mass is 178 g/mol. The molecule has 0 bridgehead atoms. The van der Waals surface area contributed by atoms with Gasteiger partial charge in [0.2, 0.25) is 5.78 Å². The van der Waals surface area contributed by atoms with Crippen molar-refractivity contribution in [3.63, 3.8) is 0 Å². The highest BCUT2D eigenvalue weighted by molar-refractivity contribution is 6.02. The van der Waals surface area contributed by atoms with E-state index >= 15 is 0 Å². The summed E-state index contributed by atoms with van der Waals surface area (Å²) in [5, 5.41) is 0. The predicted molar refractivity (Wildman–Crippen MR) is 37.0 cm³/mol. The van der Waals surface area contributed by atoms with Gasteiger partial charge in [-0.15, -0.1) is 0 Å². The Hall–Kier alpha value is -1.26. The van der Waals surface area contributed by atoms with Crippen LogP contribution in [0.3, 0.4) is 0 Å². The molecule has 0 aliphatic heterocycles. The van der Waals surface area contributed by atoms with Crippen LogP contribution < -0.4 is 0 Å². The molecule has 0 saturated heterocycles. The van der Waals surface area contributed by atoms with Crippen LogP contribution in [0.5, 0.6) is 0 Å². The molecule has 12 heavy (non-hydrogen) atoms. The average Bonchev–Trinajstić information content (AvgIpc) is 2.11. The summed E-state index contributed by atoms with van der Waals surface area (Å²) in [6.45, 7) is 1.49. The van der Waals surface area contributed by atoms with Gasteiger partial charge in [0, 0.05) is 0 Å². The summed E-state index contributed by atoms with van der Waals surface area (Å²) in [6, 6.07) is 0. The van der Waals surface area contributed by atoms with E-state index in [-0.39, 0.29) is 6.61 Å². The number of alkyl halides is 2. The number of halogens is 2. The summed E-state index contributed by atoms with van der Waals surface area (Å²) >= 11 is 0. The quantitative estimate of drug-likeness (QED) is 0.351. The van der Waals surface area contributed by atoms with E-state index in [0.29, 0.717) is 0 Å². The maximum absolute atomic E-state index is 12.4. The fourth-order valence-corrected chi connectivity index (χ4v) is 0.413. The smallest absolute Gasteiger partial charge is 0.349 e. The SMILES string of the molecule is C=CCOC(=O)C(F)C(=O)CF. The molecule has 0 amide bonds. The highest BCUT2D eigenvalue weighted by Crippen LogP contribution is 1.97. The lowest BCUT2D eigenvalue weighted by atomic mass is 10.3. The zero-order chi connectivity index (χ0) is 9.56. The van der Waals surface area contributed by atoms with Crippen LogP contribution in [0, 0.1) is 0 Å². The predicted octanol–water partition coefficient (Wildman–Crippen LogP) is 0.592. The van der Waals surface area contributed by atoms with Crippen molar-refractivity contribution >= 4 is 11.8 Å². The molecule has 0 aromatic heterocycles. The Labute approximate surface area is 68.0 Å². The van der Waals surface area contributed by atoms with Crippen molar-refractivity contribution in [2.24, 2.45) is 0 Å². The summed E-state index contributed by atoms with van der Waals surface area (Å²) < 4.78 is 28.1. The molecule has 0 N–H and O–H groups in total. The Bertz CT molecular complexity index is 191. The van der Waals surface area contributed by atoms with Crippen LogP contribution >= 0.6 is 0 Å². The maximum atomic E-state index is 12.4. The molecule has 0 saturated carbocycles. The highest BCUT2D eigenvalue weighted by Gasteiger charge is 2.26. The number of Topliss-reactive ketones (excluding diaryl/α,β-unsaturated/α-hetero) is 1. The van der Waals surface area contributed by atoms with Crippen LogP contribution in [-0.2, 0) is 14.3 Å². The van der Waals surface area contributed by atoms with E-state index in [2.05, 4.69) is 11.3 Å². The van der Waals surface area contributed by atoms with E-state index in [1.54, 1.807) is 0 Å². The third-order valence-electron chi connectivity index (χ3n) is 0.965. The van der Waals surface area contributed by atoms with Gasteiger partial charge < -0.3 is 4.74 Å². The number of hydrogen-bond acceptors (Lipinski definition) is 3. The van der Waals surface area contributed by atoms with Crippen molar-refractivity contribution in [1.29, 1.82) is 0 Å². The van der Waals surface area contributed by atoms with Gasteiger partial charge in [-0.1, -0.05) is 12.7 Å². The molecule has 1 unspecified atom stereocenters. The molecule has 0 aromatic rings. The summed E-state index contributed by atoms with van der Waals surface area (Å²) in [4.78, 5) is 20.7. The second-order valence-electron chi connectivity index (χ2n) is 1.88. The van der Waals surface area contributed by atoms with Gasteiger partial charge in [0.15, 0.2) is 6.67 Å². The number of carbonyl (C=O) groups excluding carboxylic acids is 2. The minimum Gasteiger partial charge on any atom is -0.459 e. The van der Waals surface area contributed by atoms with Gasteiger partial charge in [-0.2, -0.15) is 0 Å². The third kappa shape index (κ3) is 3.23. The summed E-state index contributed by atoms with van der Waals surface area (Å²) in [5.74, 6) is -2.80. The van der Waals surface area contributed by atoms with Crippen LogP contribution in [0.25, 0.3) is 0 Å². The van der Waals surface area contributed by atoms with Crippen molar-refractivity contribution in [1.82, 2.24) is 0 Å². The Morgan fingerprint density at radius 1 is 1.58 bits per heavy atom. The molecule has 0 aliphatic rings. The highest BCUT2D eigenvalue weighted by atomic mass is 19.1. The Kier molecular flexibility index (Phi) is 4.83. The molecule has 68 valence electrons. The van der Waals surface area contributed by atoms with Crippen molar-refractivity contribution < 1.29 is 23.1 Å². The molecule has 0 rings (SSSR count). The average molecular weight is 178 g/mol. The minimum atomic E-state index is -2.52. The molecule has 5 heteroatoms. The zero-order valence-corrected chi connectivity index (χ0v) is 6.26. The van der Waals surface area contributed by atoms with E-state index in [0.717, 1.165) is 0 Å². The lowest BCUT2D eigenvalue weighted by molar-refractivity contribution is -0.152. The number of hydrogen-bond donors (Lipinski definition) is 0. The number of rotatable bonds is 5. The Balaban J connectivity index is 3.92. The molecule has 0 spiro atoms. The zero-order valence-electron chi connectivity index (χ0n) is 6.26. The lowest BCUT2D eigenvalue weighted by Gasteiger charge is -2.03. The maximum Gasteiger partial charge on any atom is 0.349 e. The van der Waals surface area contributed by atoms with Crippen LogP contribution in [0.2, 0.25) is 0 Å². The Morgan fingerprint density at radius 3 is 2.58 bits per heavy atom. The van der Waals surface area contributed by atoms with Crippen molar-refractivity contribution in [3.8, 4) is 0 Å². The van der Waals surface area contributed by atoms with Crippen molar-refractivity contribution in [3.05, 3.63) is 12.7 Å². The normalized spacial score (nSPS) is 11.8. The molecule has 0 fully saturated rings. The first-order chi connectivity index (χ1) is 5.63. The van der Waals surface area contributed by atoms with Crippen molar-refractivity contribution in [2.75, 3.05) is 13.3 Å². The summed E-state index contributed by atoms with van der Waals surface area (Å²) in [6.07, 6.45) is -1.31. The number of carbonyl (C=O) groups is 2. The van der Waals surface area contributed by atoms with E-state index in [1.165, 1.54) is 6.08 Å². The van der Waals surface area contributed by atoms with Crippen LogP contribution in [0.4, 0.5) is 8.78 Å².